The molecule has 0 saturated carbocycles. The predicted molar refractivity (Wildman–Crippen MR) is 104 cm³/mol. The molecule has 6 nitrogen and oxygen atoms in total. The van der Waals surface area contributed by atoms with E-state index in [0.29, 0.717) is 18.7 Å². The molecule has 2 fully saturated rings. The van der Waals surface area contributed by atoms with Crippen LogP contribution in [0.1, 0.15) is 42.4 Å². The minimum Gasteiger partial charge on any atom is -0.387 e. The number of hydrogen-bond acceptors (Lipinski definition) is 5. The van der Waals surface area contributed by atoms with Gasteiger partial charge in [-0.15, -0.1) is 0 Å². The molecule has 0 unspecified atom stereocenters. The van der Waals surface area contributed by atoms with Crippen molar-refractivity contribution in [1.82, 2.24) is 10.2 Å². The van der Waals surface area contributed by atoms with E-state index < -0.39 is 0 Å². The monoisotopic (exact) mass is 371 g/mol. The molecule has 6 heteroatoms. The first kappa shape index (κ1) is 18.4. The van der Waals surface area contributed by atoms with Crippen LogP contribution in [-0.2, 0) is 20.9 Å². The molecule has 1 aromatic carbocycles. The summed E-state index contributed by atoms with van der Waals surface area (Å²) in [7, 11) is 0. The molecule has 0 bridgehead atoms. The average molecular weight is 371 g/mol. The molecule has 2 atom stereocenters. The Hall–Kier alpha value is -1.92. The van der Waals surface area contributed by atoms with E-state index in [1.807, 2.05) is 0 Å². The van der Waals surface area contributed by atoms with Crippen molar-refractivity contribution in [1.29, 1.82) is 0 Å². The van der Waals surface area contributed by atoms with Gasteiger partial charge in [0.25, 0.3) is 5.91 Å². The largest absolute Gasteiger partial charge is 0.387 e. The molecule has 1 N–H and O–H groups in total. The Morgan fingerprint density at radius 3 is 3.04 bits per heavy atom. The lowest BCUT2D eigenvalue weighted by molar-refractivity contribution is -0.115. The van der Waals surface area contributed by atoms with Crippen molar-refractivity contribution in [3.05, 3.63) is 34.9 Å². The lowest BCUT2D eigenvalue weighted by atomic mass is 9.96. The highest BCUT2D eigenvalue weighted by Gasteiger charge is 2.46. The van der Waals surface area contributed by atoms with E-state index in [2.05, 4.69) is 47.4 Å². The van der Waals surface area contributed by atoms with Crippen molar-refractivity contribution in [2.45, 2.75) is 57.8 Å². The standard InChI is InChI=1S/C21H29N3O3/c1-15-5-6-17(10-16(15)2)13-24-8-7-21(14-24)11-19(23-27-21)20(25)22-12-18-4-3-9-26-18/h5-6,10,18H,3-4,7-9,11-14H2,1-2H3,(H,22,25)/t18-,21-/m1/s1. The molecule has 3 heterocycles. The summed E-state index contributed by atoms with van der Waals surface area (Å²) in [6.45, 7) is 8.33. The molecular weight excluding hydrogens is 342 g/mol. The molecule has 0 radical (unpaired) electrons. The normalized spacial score (nSPS) is 27.8. The quantitative estimate of drug-likeness (QED) is 0.863. The zero-order valence-electron chi connectivity index (χ0n) is 16.3. The zero-order chi connectivity index (χ0) is 18.9. The summed E-state index contributed by atoms with van der Waals surface area (Å²) >= 11 is 0. The molecular formula is C21H29N3O3. The predicted octanol–water partition coefficient (Wildman–Crippen LogP) is 2.32. The molecule has 146 valence electrons. The number of oxime groups is 1. The van der Waals surface area contributed by atoms with Crippen molar-refractivity contribution in [3.63, 3.8) is 0 Å². The number of likely N-dealkylation sites (tertiary alicyclic amines) is 1. The first-order chi connectivity index (χ1) is 13.0. The highest BCUT2D eigenvalue weighted by Crippen LogP contribution is 2.34. The van der Waals surface area contributed by atoms with Gasteiger partial charge in [0.2, 0.25) is 0 Å². The van der Waals surface area contributed by atoms with Crippen molar-refractivity contribution in [2.75, 3.05) is 26.2 Å². The van der Waals surface area contributed by atoms with Gasteiger partial charge < -0.3 is 14.9 Å². The number of aryl methyl sites for hydroxylation is 2. The fourth-order valence-electron chi connectivity index (χ4n) is 4.20. The fourth-order valence-corrected chi connectivity index (χ4v) is 4.20. The van der Waals surface area contributed by atoms with Crippen LogP contribution in [0.5, 0.6) is 0 Å². The number of ether oxygens (including phenoxy) is 1. The van der Waals surface area contributed by atoms with Crippen LogP contribution >= 0.6 is 0 Å². The summed E-state index contributed by atoms with van der Waals surface area (Å²) in [5.74, 6) is -0.116. The zero-order valence-corrected chi connectivity index (χ0v) is 16.3. The van der Waals surface area contributed by atoms with Crippen LogP contribution in [0.25, 0.3) is 0 Å². The van der Waals surface area contributed by atoms with Crippen LogP contribution in [0.2, 0.25) is 0 Å². The van der Waals surface area contributed by atoms with Gasteiger partial charge in [-0.25, -0.2) is 0 Å². The average Bonchev–Trinajstić information content (AvgIpc) is 3.39. The summed E-state index contributed by atoms with van der Waals surface area (Å²) in [6, 6.07) is 6.64. The van der Waals surface area contributed by atoms with Gasteiger partial charge in [-0.05, 0) is 43.4 Å². The molecule has 0 aromatic heterocycles. The summed E-state index contributed by atoms with van der Waals surface area (Å²) in [6.07, 6.45) is 3.73. The van der Waals surface area contributed by atoms with Gasteiger partial charge in [-0.1, -0.05) is 23.4 Å². The summed E-state index contributed by atoms with van der Waals surface area (Å²) in [4.78, 5) is 20.6. The highest BCUT2D eigenvalue weighted by molar-refractivity contribution is 6.39. The third kappa shape index (κ3) is 4.17. The molecule has 1 spiro atoms. The maximum absolute atomic E-state index is 12.4. The number of rotatable bonds is 5. The molecule has 27 heavy (non-hydrogen) atoms. The van der Waals surface area contributed by atoms with Crippen LogP contribution in [-0.4, -0.2) is 54.5 Å². The Bertz CT molecular complexity index is 742. The lowest BCUT2D eigenvalue weighted by Gasteiger charge is -2.22. The Balaban J connectivity index is 1.28. The van der Waals surface area contributed by atoms with E-state index in [1.54, 1.807) is 0 Å². The van der Waals surface area contributed by atoms with Gasteiger partial charge >= 0.3 is 0 Å². The molecule has 3 aliphatic rings. The van der Waals surface area contributed by atoms with Gasteiger partial charge in [0.05, 0.1) is 6.10 Å². The maximum Gasteiger partial charge on any atom is 0.269 e. The van der Waals surface area contributed by atoms with Crippen LogP contribution in [0.4, 0.5) is 0 Å². The number of nitrogens with zero attached hydrogens (tertiary/aromatic N) is 2. The van der Waals surface area contributed by atoms with Crippen molar-refractivity contribution >= 4 is 11.6 Å². The number of hydrogen-bond donors (Lipinski definition) is 1. The molecule has 4 rings (SSSR count). The smallest absolute Gasteiger partial charge is 0.269 e. The van der Waals surface area contributed by atoms with Crippen molar-refractivity contribution in [3.8, 4) is 0 Å². The van der Waals surface area contributed by atoms with Crippen LogP contribution in [0.3, 0.4) is 0 Å². The highest BCUT2D eigenvalue weighted by atomic mass is 16.7. The first-order valence-electron chi connectivity index (χ1n) is 9.96. The van der Waals surface area contributed by atoms with E-state index in [4.69, 9.17) is 9.57 Å². The summed E-state index contributed by atoms with van der Waals surface area (Å²) in [5, 5.41) is 7.07. The Morgan fingerprint density at radius 1 is 1.37 bits per heavy atom. The van der Waals surface area contributed by atoms with Gasteiger partial charge in [-0.3, -0.25) is 9.69 Å². The van der Waals surface area contributed by atoms with Crippen molar-refractivity contribution < 1.29 is 14.4 Å². The molecule has 0 aliphatic carbocycles. The number of carbonyl (C=O) groups excluding carboxylic acids is 1. The number of benzene rings is 1. The van der Waals surface area contributed by atoms with Crippen LogP contribution < -0.4 is 5.32 Å². The Labute approximate surface area is 160 Å². The van der Waals surface area contributed by atoms with Crippen LogP contribution in [0, 0.1) is 13.8 Å². The number of nitrogens with one attached hydrogen (secondary N) is 1. The summed E-state index contributed by atoms with van der Waals surface area (Å²) in [5.41, 5.74) is 4.15. The Kier molecular flexibility index (Phi) is 5.19. The second kappa shape index (κ2) is 7.60. The third-order valence-electron chi connectivity index (χ3n) is 5.99. The SMILES string of the molecule is Cc1ccc(CN2CC[C@@]3(CC(C(=O)NC[C@H]4CCCO4)=NO3)C2)cc1C. The Morgan fingerprint density at radius 2 is 2.26 bits per heavy atom. The lowest BCUT2D eigenvalue weighted by Crippen LogP contribution is -2.39. The molecule has 1 aromatic rings. The van der Waals surface area contributed by atoms with Gasteiger partial charge in [0, 0.05) is 45.6 Å². The second-order valence-electron chi connectivity index (χ2n) is 8.21. The molecule has 1 amide bonds. The van der Waals surface area contributed by atoms with E-state index in [-0.39, 0.29) is 17.6 Å². The molecule has 2 saturated heterocycles. The topological polar surface area (TPSA) is 63.2 Å². The third-order valence-corrected chi connectivity index (χ3v) is 5.99. The fraction of sp³-hybridized carbons (Fsp3) is 0.619. The summed E-state index contributed by atoms with van der Waals surface area (Å²) < 4.78 is 5.55. The van der Waals surface area contributed by atoms with E-state index >= 15 is 0 Å². The molecule has 3 aliphatic heterocycles. The second-order valence-corrected chi connectivity index (χ2v) is 8.21. The van der Waals surface area contributed by atoms with Crippen LogP contribution in [0.15, 0.2) is 23.4 Å². The van der Waals surface area contributed by atoms with E-state index in [1.165, 1.54) is 16.7 Å². The van der Waals surface area contributed by atoms with Gasteiger partial charge in [-0.2, -0.15) is 0 Å². The number of carbonyl (C=O) groups is 1. The van der Waals surface area contributed by atoms with Gasteiger partial charge in [0.15, 0.2) is 5.60 Å². The maximum atomic E-state index is 12.4. The minimum atomic E-state index is -0.337. The number of amides is 1. The van der Waals surface area contributed by atoms with E-state index in [9.17, 15) is 4.79 Å². The van der Waals surface area contributed by atoms with Gasteiger partial charge in [0.1, 0.15) is 5.71 Å². The minimum absolute atomic E-state index is 0.116. The van der Waals surface area contributed by atoms with E-state index in [0.717, 1.165) is 45.5 Å². The van der Waals surface area contributed by atoms with Crippen molar-refractivity contribution in [2.24, 2.45) is 5.16 Å². The first-order valence-corrected chi connectivity index (χ1v) is 9.96.